The first kappa shape index (κ1) is 13.7. The van der Waals surface area contributed by atoms with Gasteiger partial charge in [-0.15, -0.1) is 11.3 Å². The third-order valence-electron chi connectivity index (χ3n) is 3.18. The summed E-state index contributed by atoms with van der Waals surface area (Å²) in [6.07, 6.45) is 0.483. The van der Waals surface area contributed by atoms with Gasteiger partial charge >= 0.3 is 0 Å². The maximum absolute atomic E-state index is 11.0. The lowest BCUT2D eigenvalue weighted by atomic mass is 10.0. The number of hydrogen-bond acceptors (Lipinski definition) is 4. The molecule has 4 nitrogen and oxygen atoms in total. The minimum absolute atomic E-state index is 0.142. The second-order valence-electron chi connectivity index (χ2n) is 4.58. The number of rotatable bonds is 4. The van der Waals surface area contributed by atoms with Gasteiger partial charge in [0.15, 0.2) is 0 Å². The molecule has 0 aliphatic heterocycles. The molecule has 1 aromatic carbocycles. The van der Waals surface area contributed by atoms with Gasteiger partial charge in [0, 0.05) is 27.4 Å². The molecule has 0 amide bonds. The Balaban J connectivity index is 2.24. The third-order valence-corrected chi connectivity index (χ3v) is 4.46. The average Bonchev–Trinajstić information content (AvgIpc) is 2.70. The van der Waals surface area contributed by atoms with Crippen LogP contribution in [0.1, 0.15) is 26.9 Å². The molecular weight excluding hydrogens is 260 g/mol. The van der Waals surface area contributed by atoms with Crippen molar-refractivity contribution in [2.45, 2.75) is 26.3 Å². The van der Waals surface area contributed by atoms with Crippen LogP contribution in [0.4, 0.5) is 5.69 Å². The summed E-state index contributed by atoms with van der Waals surface area (Å²) >= 11 is 1.66. The lowest BCUT2D eigenvalue weighted by Gasteiger charge is -2.09. The Morgan fingerprint density at radius 2 is 2.05 bits per heavy atom. The monoisotopic (exact) mass is 276 g/mol. The molecule has 2 rings (SSSR count). The molecular formula is C14H16N2O2S. The molecule has 0 saturated carbocycles. The topological polar surface area (TPSA) is 69.2 Å². The van der Waals surface area contributed by atoms with Gasteiger partial charge in [-0.25, -0.2) is 0 Å². The lowest BCUT2D eigenvalue weighted by molar-refractivity contribution is -0.385. The van der Waals surface area contributed by atoms with Crippen LogP contribution in [0.15, 0.2) is 30.3 Å². The highest BCUT2D eigenvalue weighted by atomic mass is 32.1. The van der Waals surface area contributed by atoms with Crippen LogP contribution in [0.3, 0.4) is 0 Å². The first-order chi connectivity index (χ1) is 8.99. The van der Waals surface area contributed by atoms with Crippen LogP contribution in [0.5, 0.6) is 0 Å². The molecule has 2 N–H and O–H groups in total. The van der Waals surface area contributed by atoms with Crippen molar-refractivity contribution in [2.24, 2.45) is 5.73 Å². The standard InChI is InChI=1S/C14H16N2O2S/c1-9-7-14(19-10(9)2)12(15)8-11-5-3-4-6-13(11)16(17)18/h3-7,12H,8,15H2,1-2H3. The molecule has 0 spiro atoms. The van der Waals surface area contributed by atoms with Gasteiger partial charge in [-0.3, -0.25) is 10.1 Å². The molecule has 100 valence electrons. The van der Waals surface area contributed by atoms with Crippen LogP contribution in [-0.4, -0.2) is 4.92 Å². The summed E-state index contributed by atoms with van der Waals surface area (Å²) in [5.41, 5.74) is 8.21. The zero-order chi connectivity index (χ0) is 14.0. The van der Waals surface area contributed by atoms with E-state index in [1.807, 2.05) is 6.92 Å². The van der Waals surface area contributed by atoms with E-state index in [0.717, 1.165) is 4.88 Å². The van der Waals surface area contributed by atoms with E-state index in [1.165, 1.54) is 16.5 Å². The molecule has 0 radical (unpaired) electrons. The summed E-state index contributed by atoms with van der Waals surface area (Å²) in [5.74, 6) is 0. The Hall–Kier alpha value is -1.72. The zero-order valence-corrected chi connectivity index (χ0v) is 11.7. The van der Waals surface area contributed by atoms with Gasteiger partial charge in [0.25, 0.3) is 5.69 Å². The fourth-order valence-electron chi connectivity index (χ4n) is 1.98. The van der Waals surface area contributed by atoms with E-state index in [4.69, 9.17) is 5.73 Å². The largest absolute Gasteiger partial charge is 0.323 e. The van der Waals surface area contributed by atoms with E-state index in [2.05, 4.69) is 13.0 Å². The van der Waals surface area contributed by atoms with Crippen LogP contribution in [0.25, 0.3) is 0 Å². The molecule has 0 aliphatic carbocycles. The molecule has 1 aromatic heterocycles. The van der Waals surface area contributed by atoms with Crippen molar-refractivity contribution >= 4 is 17.0 Å². The van der Waals surface area contributed by atoms with Crippen molar-refractivity contribution < 1.29 is 4.92 Å². The van der Waals surface area contributed by atoms with Crippen molar-refractivity contribution in [3.05, 3.63) is 61.3 Å². The second-order valence-corrected chi connectivity index (χ2v) is 5.87. The minimum atomic E-state index is -0.354. The van der Waals surface area contributed by atoms with Gasteiger partial charge in [-0.05, 0) is 31.9 Å². The first-order valence-electron chi connectivity index (χ1n) is 6.04. The number of hydrogen-bond donors (Lipinski definition) is 1. The minimum Gasteiger partial charge on any atom is -0.323 e. The molecule has 0 aliphatic rings. The first-order valence-corrected chi connectivity index (χ1v) is 6.85. The SMILES string of the molecule is Cc1cc(C(N)Cc2ccccc2[N+](=O)[O-])sc1C. The van der Waals surface area contributed by atoms with Crippen LogP contribution >= 0.6 is 11.3 Å². The van der Waals surface area contributed by atoms with E-state index < -0.39 is 0 Å². The van der Waals surface area contributed by atoms with Gasteiger partial charge in [-0.2, -0.15) is 0 Å². The lowest BCUT2D eigenvalue weighted by Crippen LogP contribution is -2.12. The number of nitrogens with zero attached hydrogens (tertiary/aromatic N) is 1. The van der Waals surface area contributed by atoms with E-state index >= 15 is 0 Å². The molecule has 0 bridgehead atoms. The highest BCUT2D eigenvalue weighted by Crippen LogP contribution is 2.29. The number of benzene rings is 1. The number of para-hydroxylation sites is 1. The summed E-state index contributed by atoms with van der Waals surface area (Å²) in [6.45, 7) is 4.11. The average molecular weight is 276 g/mol. The Bertz CT molecular complexity index is 588. The van der Waals surface area contributed by atoms with E-state index in [0.29, 0.717) is 12.0 Å². The summed E-state index contributed by atoms with van der Waals surface area (Å²) < 4.78 is 0. The number of thiophene rings is 1. The Morgan fingerprint density at radius 3 is 2.63 bits per heavy atom. The summed E-state index contributed by atoms with van der Waals surface area (Å²) in [4.78, 5) is 12.9. The molecule has 0 saturated heterocycles. The molecule has 1 heterocycles. The summed E-state index contributed by atoms with van der Waals surface area (Å²) in [7, 11) is 0. The molecule has 1 unspecified atom stereocenters. The predicted molar refractivity (Wildman–Crippen MR) is 77.5 cm³/mol. The number of aryl methyl sites for hydroxylation is 2. The smallest absolute Gasteiger partial charge is 0.272 e. The molecule has 2 aromatic rings. The summed E-state index contributed by atoms with van der Waals surface area (Å²) in [6, 6.07) is 8.64. The van der Waals surface area contributed by atoms with Crippen molar-refractivity contribution in [3.8, 4) is 0 Å². The van der Waals surface area contributed by atoms with Gasteiger partial charge in [0.1, 0.15) is 0 Å². The maximum Gasteiger partial charge on any atom is 0.272 e. The molecule has 1 atom stereocenters. The zero-order valence-electron chi connectivity index (χ0n) is 10.9. The normalized spacial score (nSPS) is 12.4. The molecule has 0 fully saturated rings. The predicted octanol–water partition coefficient (Wildman–Crippen LogP) is 3.52. The van der Waals surface area contributed by atoms with E-state index in [-0.39, 0.29) is 16.7 Å². The Morgan fingerprint density at radius 1 is 1.37 bits per heavy atom. The van der Waals surface area contributed by atoms with Crippen LogP contribution in [-0.2, 0) is 6.42 Å². The third kappa shape index (κ3) is 3.00. The van der Waals surface area contributed by atoms with E-state index in [1.54, 1.807) is 29.5 Å². The van der Waals surface area contributed by atoms with Gasteiger partial charge in [0.05, 0.1) is 4.92 Å². The highest BCUT2D eigenvalue weighted by Gasteiger charge is 2.17. The van der Waals surface area contributed by atoms with Crippen molar-refractivity contribution in [1.29, 1.82) is 0 Å². The molecule has 19 heavy (non-hydrogen) atoms. The Labute approximate surface area is 116 Å². The van der Waals surface area contributed by atoms with Gasteiger partial charge in [0.2, 0.25) is 0 Å². The fraction of sp³-hybridized carbons (Fsp3) is 0.286. The van der Waals surface area contributed by atoms with Crippen molar-refractivity contribution in [3.63, 3.8) is 0 Å². The maximum atomic E-state index is 11.0. The second kappa shape index (κ2) is 5.50. The van der Waals surface area contributed by atoms with Crippen LogP contribution in [0, 0.1) is 24.0 Å². The molecule has 5 heteroatoms. The number of nitro groups is 1. The number of nitrogens with two attached hydrogens (primary N) is 1. The van der Waals surface area contributed by atoms with Crippen LogP contribution < -0.4 is 5.73 Å². The highest BCUT2D eigenvalue weighted by molar-refractivity contribution is 7.12. The van der Waals surface area contributed by atoms with Crippen LogP contribution in [0.2, 0.25) is 0 Å². The fourth-order valence-corrected chi connectivity index (χ4v) is 3.03. The van der Waals surface area contributed by atoms with Gasteiger partial charge < -0.3 is 5.73 Å². The van der Waals surface area contributed by atoms with Gasteiger partial charge in [-0.1, -0.05) is 18.2 Å². The number of nitro benzene ring substituents is 1. The van der Waals surface area contributed by atoms with E-state index in [9.17, 15) is 10.1 Å². The quantitative estimate of drug-likeness (QED) is 0.686. The summed E-state index contributed by atoms with van der Waals surface area (Å²) in [5, 5.41) is 11.0. The Kier molecular flexibility index (Phi) is 3.97. The van der Waals surface area contributed by atoms with Crippen molar-refractivity contribution in [2.75, 3.05) is 0 Å². The van der Waals surface area contributed by atoms with Crippen molar-refractivity contribution in [1.82, 2.24) is 0 Å².